The van der Waals surface area contributed by atoms with Crippen molar-refractivity contribution >= 4 is 46.8 Å². The fraction of sp³-hybridized carbons (Fsp3) is 0.769. The van der Waals surface area contributed by atoms with E-state index in [0.717, 1.165) is 76.5 Å². The maximum atomic E-state index is 15.7. The van der Waals surface area contributed by atoms with Gasteiger partial charge in [-0.05, 0) is 124 Å². The second kappa shape index (κ2) is 25.5. The summed E-state index contributed by atoms with van der Waals surface area (Å²) in [5, 5.41) is 26.5. The Labute approximate surface area is 400 Å². The van der Waals surface area contributed by atoms with Crippen molar-refractivity contribution in [1.82, 2.24) is 26.6 Å². The number of carbonyl (C=O) groups is 6. The third-order valence-corrected chi connectivity index (χ3v) is 17.0. The van der Waals surface area contributed by atoms with Crippen LogP contribution in [-0.2, 0) is 33.5 Å². The first-order chi connectivity index (χ1) is 32.5. The van der Waals surface area contributed by atoms with Crippen molar-refractivity contribution in [2.45, 2.75) is 209 Å². The van der Waals surface area contributed by atoms with Crippen molar-refractivity contribution in [2.24, 2.45) is 35.5 Å². The topological polar surface area (TPSA) is 192 Å². The Morgan fingerprint density at radius 2 is 1.37 bits per heavy atom. The lowest BCUT2D eigenvalue weighted by Crippen LogP contribution is -2.59. The fourth-order valence-corrected chi connectivity index (χ4v) is 12.8. The first-order valence-electron chi connectivity index (χ1n) is 26.0. The number of carboxylic acids is 1. The number of nitrogens with one attached hydrogen (secondary N) is 5. The molecule has 15 heteroatoms. The molecule has 0 radical (unpaired) electrons. The van der Waals surface area contributed by atoms with E-state index < -0.39 is 77.8 Å². The molecule has 1 aromatic heterocycles. The average Bonchev–Trinajstić information content (AvgIpc) is 3.87. The largest absolute Gasteiger partial charge is 0.480 e. The molecule has 5 aliphatic carbocycles. The smallest absolute Gasteiger partial charge is 0.326 e. The van der Waals surface area contributed by atoms with Crippen LogP contribution in [0.1, 0.15) is 172 Å². The Morgan fingerprint density at radius 1 is 0.731 bits per heavy atom. The van der Waals surface area contributed by atoms with Crippen molar-refractivity contribution in [3.8, 4) is 11.8 Å². The summed E-state index contributed by atoms with van der Waals surface area (Å²) >= 11 is 1.40. The summed E-state index contributed by atoms with van der Waals surface area (Å²) in [6.07, 6.45) is 19.4. The number of fused-ring (bicyclic) bond motifs is 16. The zero-order chi connectivity index (χ0) is 47.1. The molecule has 370 valence electrons. The Bertz CT molecular complexity index is 1860. The van der Waals surface area contributed by atoms with Crippen LogP contribution in [-0.4, -0.2) is 89.7 Å². The summed E-state index contributed by atoms with van der Waals surface area (Å²) in [5.74, 6) is 2.84. The van der Waals surface area contributed by atoms with Gasteiger partial charge >= 0.3 is 5.97 Å². The van der Waals surface area contributed by atoms with Gasteiger partial charge in [-0.25, -0.2) is 9.18 Å². The number of aliphatic carboxylic acids is 1. The van der Waals surface area contributed by atoms with Crippen molar-refractivity contribution in [3.63, 3.8) is 0 Å². The number of halogens is 1. The van der Waals surface area contributed by atoms with Gasteiger partial charge in [0.25, 0.3) is 5.91 Å². The monoisotopic (exact) mass is 950 g/mol. The van der Waals surface area contributed by atoms with Crippen LogP contribution >= 0.6 is 11.3 Å². The van der Waals surface area contributed by atoms with Crippen LogP contribution in [0.4, 0.5) is 4.39 Å². The van der Waals surface area contributed by atoms with Gasteiger partial charge in [-0.3, -0.25) is 24.0 Å². The lowest BCUT2D eigenvalue weighted by molar-refractivity contribution is -0.143. The minimum absolute atomic E-state index is 0.00685. The summed E-state index contributed by atoms with van der Waals surface area (Å²) in [4.78, 5) is 85.0. The summed E-state index contributed by atoms with van der Waals surface area (Å²) < 4.78 is 21.7. The second-order valence-corrected chi connectivity index (χ2v) is 21.9. The molecule has 5 saturated carbocycles. The number of thiophene rings is 1. The SMILES string of the molecule is O=C1COC2CCC(CC2)CC(C(=O)NC(CC2CCCCC2)C(=O)O)NC(=O)C(CC2CCCCC2F)NC(=O)C(CC2CCC(C3CCCCC3)CC2)NC(=O)C(C#Cc2cccs2)N1. The van der Waals surface area contributed by atoms with Crippen molar-refractivity contribution in [3.05, 3.63) is 22.4 Å². The third kappa shape index (κ3) is 15.5. The molecule has 0 aromatic carbocycles. The molecular weight excluding hydrogens is 874 g/mol. The van der Waals surface area contributed by atoms with Gasteiger partial charge < -0.3 is 36.4 Å². The molecule has 7 atom stereocenters. The van der Waals surface area contributed by atoms with Crippen molar-refractivity contribution in [2.75, 3.05) is 6.61 Å². The lowest BCUT2D eigenvalue weighted by atomic mass is 9.70. The van der Waals surface area contributed by atoms with Crippen LogP contribution in [0.3, 0.4) is 0 Å². The van der Waals surface area contributed by atoms with Crippen LogP contribution < -0.4 is 26.6 Å². The predicted molar refractivity (Wildman–Crippen MR) is 254 cm³/mol. The molecule has 2 bridgehead atoms. The molecule has 7 aliphatic rings. The molecule has 6 N–H and O–H groups in total. The van der Waals surface area contributed by atoms with E-state index in [1.807, 2.05) is 17.5 Å². The summed E-state index contributed by atoms with van der Waals surface area (Å²) in [6.45, 7) is -0.301. The number of carbonyl (C=O) groups excluding carboxylic acids is 5. The molecule has 2 aliphatic heterocycles. The van der Waals surface area contributed by atoms with Gasteiger partial charge in [-0.15, -0.1) is 11.3 Å². The zero-order valence-corrected chi connectivity index (χ0v) is 40.2. The van der Waals surface area contributed by atoms with Crippen molar-refractivity contribution < 1.29 is 43.0 Å². The Morgan fingerprint density at radius 3 is 2.06 bits per heavy atom. The van der Waals surface area contributed by atoms with Gasteiger partial charge in [0.15, 0.2) is 6.04 Å². The van der Waals surface area contributed by atoms with Gasteiger partial charge in [-0.2, -0.15) is 0 Å². The van der Waals surface area contributed by atoms with E-state index in [-0.39, 0.29) is 43.3 Å². The second-order valence-electron chi connectivity index (χ2n) is 21.0. The number of rotatable bonds is 10. The number of alkyl halides is 1. The van der Waals surface area contributed by atoms with Crippen LogP contribution in [0.15, 0.2) is 17.5 Å². The van der Waals surface area contributed by atoms with E-state index in [0.29, 0.717) is 62.2 Å². The van der Waals surface area contributed by atoms with Gasteiger partial charge in [-0.1, -0.05) is 108 Å². The van der Waals surface area contributed by atoms with Crippen molar-refractivity contribution in [1.29, 1.82) is 0 Å². The van der Waals surface area contributed by atoms with Gasteiger partial charge in [0.2, 0.25) is 23.6 Å². The highest BCUT2D eigenvalue weighted by atomic mass is 32.1. The Kier molecular flexibility index (Phi) is 19.4. The predicted octanol–water partition coefficient (Wildman–Crippen LogP) is 7.25. The van der Waals surface area contributed by atoms with E-state index in [1.165, 1.54) is 43.4 Å². The first-order valence-corrected chi connectivity index (χ1v) is 26.9. The minimum Gasteiger partial charge on any atom is -0.480 e. The van der Waals surface area contributed by atoms with Crippen LogP contribution in [0, 0.1) is 47.3 Å². The highest BCUT2D eigenvalue weighted by Gasteiger charge is 2.39. The van der Waals surface area contributed by atoms with E-state index >= 15 is 4.39 Å². The quantitative estimate of drug-likeness (QED) is 0.104. The maximum Gasteiger partial charge on any atom is 0.326 e. The Balaban J connectivity index is 1.16. The zero-order valence-electron chi connectivity index (χ0n) is 39.4. The number of hydrogen-bond acceptors (Lipinski definition) is 8. The standard InChI is InChI=1S/C52H76FN5O8S/c53-41-16-8-7-14-38(41)31-45-51(63)56-44(50(62)58-46(52(64)65)30-33-10-3-1-4-11-33)29-35-19-23-39(24-20-35)66-32-47(59)54-42(26-25-40-15-9-27-67-40)48(60)55-43(49(61)57-45)28-34-17-21-37(22-18-34)36-12-5-2-6-13-36/h9,15,27,33-39,41-46H,1-8,10-14,16-24,28-32H2,(H,54,59)(H,55,60)(H,56,63)(H,57,61)(H,58,62)(H,64,65). The molecule has 1 aromatic rings. The molecule has 67 heavy (non-hydrogen) atoms. The highest BCUT2D eigenvalue weighted by molar-refractivity contribution is 7.10. The van der Waals surface area contributed by atoms with Crippen LogP contribution in [0.25, 0.3) is 0 Å². The van der Waals surface area contributed by atoms with E-state index in [1.54, 1.807) is 0 Å². The van der Waals surface area contributed by atoms with E-state index in [4.69, 9.17) is 4.74 Å². The number of amides is 5. The number of ether oxygens (including phenoxy) is 1. The summed E-state index contributed by atoms with van der Waals surface area (Å²) in [6, 6.07) is -2.27. The van der Waals surface area contributed by atoms with E-state index in [2.05, 4.69) is 38.4 Å². The Hall–Kier alpha value is -4.03. The van der Waals surface area contributed by atoms with Crippen LogP contribution in [0.2, 0.25) is 0 Å². The molecule has 7 fully saturated rings. The van der Waals surface area contributed by atoms with Gasteiger partial charge in [0.05, 0.1) is 11.0 Å². The molecule has 5 amide bonds. The summed E-state index contributed by atoms with van der Waals surface area (Å²) in [5.41, 5.74) is 0. The summed E-state index contributed by atoms with van der Waals surface area (Å²) in [7, 11) is 0. The number of hydrogen-bond donors (Lipinski definition) is 6. The fourth-order valence-electron chi connectivity index (χ4n) is 12.2. The first kappa shape index (κ1) is 50.8. The number of carboxylic acid groups (broad SMARTS) is 1. The third-order valence-electron chi connectivity index (χ3n) is 16.2. The molecule has 8 rings (SSSR count). The minimum atomic E-state index is -1.31. The molecular formula is C52H76FN5O8S. The van der Waals surface area contributed by atoms with E-state index in [9.17, 15) is 33.9 Å². The molecule has 2 saturated heterocycles. The van der Waals surface area contributed by atoms with Crippen LogP contribution in [0.5, 0.6) is 0 Å². The molecule has 13 nitrogen and oxygen atoms in total. The highest BCUT2D eigenvalue weighted by Crippen LogP contribution is 2.41. The average molecular weight is 950 g/mol. The molecule has 7 unspecified atom stereocenters. The molecule has 3 heterocycles. The van der Waals surface area contributed by atoms with Gasteiger partial charge in [0.1, 0.15) is 36.9 Å². The molecule has 0 spiro atoms. The lowest BCUT2D eigenvalue weighted by Gasteiger charge is -2.37. The van der Waals surface area contributed by atoms with Gasteiger partial charge in [0, 0.05) is 0 Å². The normalized spacial score (nSPS) is 32.9. The maximum absolute atomic E-state index is 15.7.